The molecule has 1 aliphatic rings. The molecule has 0 aromatic carbocycles. The van der Waals surface area contributed by atoms with Gasteiger partial charge in [-0.15, -0.1) is 0 Å². The third kappa shape index (κ3) is 4.19. The molecule has 1 heterocycles. The van der Waals surface area contributed by atoms with Gasteiger partial charge >= 0.3 is 0 Å². The molecular formula is C8H17N. The van der Waals surface area contributed by atoms with Crippen LogP contribution in [0, 0.1) is 5.92 Å². The van der Waals surface area contributed by atoms with Crippen molar-refractivity contribution >= 4 is 6.21 Å². The van der Waals surface area contributed by atoms with Crippen LogP contribution in [0.4, 0.5) is 0 Å². The number of hydrogen-bond acceptors (Lipinski definition) is 1. The highest BCUT2D eigenvalue weighted by atomic mass is 14.7. The Labute approximate surface area is 58.2 Å². The average Bonchev–Trinajstić information content (AvgIpc) is 1.94. The summed E-state index contributed by atoms with van der Waals surface area (Å²) in [5, 5.41) is 0. The van der Waals surface area contributed by atoms with Crippen LogP contribution in [0.1, 0.15) is 33.6 Å². The topological polar surface area (TPSA) is 12.4 Å². The Morgan fingerprint density at radius 2 is 2.11 bits per heavy atom. The summed E-state index contributed by atoms with van der Waals surface area (Å²) in [5.74, 6) is 0.838. The Morgan fingerprint density at radius 1 is 1.44 bits per heavy atom. The first-order chi connectivity index (χ1) is 4.39. The maximum atomic E-state index is 4.13. The standard InChI is InChI=1S/C6H11N.C2H6/c1-6-3-2-4-7-5-6;1-2/h4,6H,2-3,5H2,1H3;1-2H3. The smallest absolute Gasteiger partial charge is 0.0411 e. The highest BCUT2D eigenvalue weighted by Gasteiger charge is 2.01. The largest absolute Gasteiger partial charge is 0.297 e. The molecule has 1 atom stereocenters. The van der Waals surface area contributed by atoms with E-state index in [1.54, 1.807) is 0 Å². The number of aliphatic imine (C=N–C) groups is 1. The molecule has 0 amide bonds. The van der Waals surface area contributed by atoms with Gasteiger partial charge in [0, 0.05) is 6.54 Å². The van der Waals surface area contributed by atoms with Crippen molar-refractivity contribution in [3.05, 3.63) is 0 Å². The van der Waals surface area contributed by atoms with Crippen LogP contribution < -0.4 is 0 Å². The highest BCUT2D eigenvalue weighted by molar-refractivity contribution is 5.57. The van der Waals surface area contributed by atoms with Crippen LogP contribution in [0.25, 0.3) is 0 Å². The number of nitrogens with zero attached hydrogens (tertiary/aromatic N) is 1. The quantitative estimate of drug-likeness (QED) is 0.474. The molecule has 0 saturated carbocycles. The van der Waals surface area contributed by atoms with E-state index in [1.165, 1.54) is 12.8 Å². The van der Waals surface area contributed by atoms with Crippen molar-refractivity contribution in [2.24, 2.45) is 10.9 Å². The molecule has 0 spiro atoms. The molecule has 1 aliphatic heterocycles. The van der Waals surface area contributed by atoms with Crippen molar-refractivity contribution in [1.29, 1.82) is 0 Å². The summed E-state index contributed by atoms with van der Waals surface area (Å²) in [5.41, 5.74) is 0. The fourth-order valence-electron chi connectivity index (χ4n) is 0.796. The Bertz CT molecular complexity index is 76.6. The molecule has 0 bridgehead atoms. The second-order valence-electron chi connectivity index (χ2n) is 2.23. The first-order valence-corrected chi connectivity index (χ1v) is 3.88. The molecule has 0 aliphatic carbocycles. The summed E-state index contributed by atoms with van der Waals surface area (Å²) >= 11 is 0. The minimum Gasteiger partial charge on any atom is -0.297 e. The fourth-order valence-corrected chi connectivity index (χ4v) is 0.796. The zero-order chi connectivity index (χ0) is 7.11. The van der Waals surface area contributed by atoms with E-state index in [1.807, 2.05) is 20.1 Å². The van der Waals surface area contributed by atoms with Crippen molar-refractivity contribution in [2.75, 3.05) is 6.54 Å². The fraction of sp³-hybridized carbons (Fsp3) is 0.875. The zero-order valence-electron chi connectivity index (χ0n) is 6.72. The van der Waals surface area contributed by atoms with E-state index in [0.717, 1.165) is 12.5 Å². The van der Waals surface area contributed by atoms with E-state index >= 15 is 0 Å². The summed E-state index contributed by atoms with van der Waals surface area (Å²) in [6, 6.07) is 0. The molecule has 1 heteroatoms. The van der Waals surface area contributed by atoms with Crippen molar-refractivity contribution in [3.63, 3.8) is 0 Å². The van der Waals surface area contributed by atoms with Gasteiger partial charge in [0.1, 0.15) is 0 Å². The summed E-state index contributed by atoms with van der Waals surface area (Å²) < 4.78 is 0. The third-order valence-electron chi connectivity index (χ3n) is 1.33. The maximum absolute atomic E-state index is 4.13. The molecule has 0 aromatic rings. The van der Waals surface area contributed by atoms with E-state index < -0.39 is 0 Å². The van der Waals surface area contributed by atoms with Gasteiger partial charge in [-0.25, -0.2) is 0 Å². The molecule has 0 saturated heterocycles. The predicted molar refractivity (Wildman–Crippen MR) is 43.1 cm³/mol. The van der Waals surface area contributed by atoms with Crippen molar-refractivity contribution in [2.45, 2.75) is 33.6 Å². The first kappa shape index (κ1) is 8.67. The molecule has 0 radical (unpaired) electrons. The third-order valence-corrected chi connectivity index (χ3v) is 1.33. The lowest BCUT2D eigenvalue weighted by Crippen LogP contribution is -2.04. The van der Waals surface area contributed by atoms with Gasteiger partial charge in [-0.1, -0.05) is 20.8 Å². The minimum atomic E-state index is 0.838. The molecule has 0 aromatic heterocycles. The first-order valence-electron chi connectivity index (χ1n) is 3.88. The van der Waals surface area contributed by atoms with E-state index in [9.17, 15) is 0 Å². The summed E-state index contributed by atoms with van der Waals surface area (Å²) in [6.07, 6.45) is 4.56. The van der Waals surface area contributed by atoms with E-state index in [0.29, 0.717) is 0 Å². The van der Waals surface area contributed by atoms with Gasteiger partial charge in [-0.05, 0) is 25.0 Å². The van der Waals surface area contributed by atoms with Gasteiger partial charge in [-0.3, -0.25) is 4.99 Å². The maximum Gasteiger partial charge on any atom is 0.0411 e. The van der Waals surface area contributed by atoms with Crippen LogP contribution in [0.15, 0.2) is 4.99 Å². The van der Waals surface area contributed by atoms with Gasteiger partial charge in [0.15, 0.2) is 0 Å². The summed E-state index contributed by atoms with van der Waals surface area (Å²) in [7, 11) is 0. The Kier molecular flexibility index (Phi) is 5.59. The molecule has 54 valence electrons. The highest BCUT2D eigenvalue weighted by Crippen LogP contribution is 2.07. The van der Waals surface area contributed by atoms with Crippen molar-refractivity contribution < 1.29 is 0 Å². The van der Waals surface area contributed by atoms with Crippen LogP contribution in [0.2, 0.25) is 0 Å². The molecule has 0 fully saturated rings. The van der Waals surface area contributed by atoms with Crippen LogP contribution in [0.3, 0.4) is 0 Å². The van der Waals surface area contributed by atoms with E-state index in [-0.39, 0.29) is 0 Å². The van der Waals surface area contributed by atoms with Crippen LogP contribution in [0.5, 0.6) is 0 Å². The SMILES string of the molecule is CC.CC1CCC=NC1. The second-order valence-corrected chi connectivity index (χ2v) is 2.23. The molecule has 1 unspecified atom stereocenters. The Hall–Kier alpha value is -0.330. The van der Waals surface area contributed by atoms with Gasteiger partial charge in [0.05, 0.1) is 0 Å². The van der Waals surface area contributed by atoms with Crippen LogP contribution >= 0.6 is 0 Å². The summed E-state index contributed by atoms with van der Waals surface area (Å²) in [6.45, 7) is 7.30. The zero-order valence-corrected chi connectivity index (χ0v) is 6.72. The van der Waals surface area contributed by atoms with Gasteiger partial charge < -0.3 is 0 Å². The van der Waals surface area contributed by atoms with Gasteiger partial charge in [-0.2, -0.15) is 0 Å². The van der Waals surface area contributed by atoms with Crippen LogP contribution in [-0.2, 0) is 0 Å². The average molecular weight is 127 g/mol. The Morgan fingerprint density at radius 3 is 2.33 bits per heavy atom. The number of hydrogen-bond donors (Lipinski definition) is 0. The monoisotopic (exact) mass is 127 g/mol. The van der Waals surface area contributed by atoms with Gasteiger partial charge in [0.2, 0.25) is 0 Å². The van der Waals surface area contributed by atoms with Gasteiger partial charge in [0.25, 0.3) is 0 Å². The molecular weight excluding hydrogens is 110 g/mol. The normalized spacial score (nSPS) is 24.6. The van der Waals surface area contributed by atoms with E-state index in [2.05, 4.69) is 11.9 Å². The predicted octanol–water partition coefficient (Wildman–Crippen LogP) is 2.51. The van der Waals surface area contributed by atoms with Crippen molar-refractivity contribution in [1.82, 2.24) is 0 Å². The van der Waals surface area contributed by atoms with Crippen LogP contribution in [-0.4, -0.2) is 12.8 Å². The lowest BCUT2D eigenvalue weighted by atomic mass is 10.0. The molecule has 0 N–H and O–H groups in total. The van der Waals surface area contributed by atoms with E-state index in [4.69, 9.17) is 0 Å². The molecule has 9 heavy (non-hydrogen) atoms. The number of rotatable bonds is 0. The summed E-state index contributed by atoms with van der Waals surface area (Å²) in [4.78, 5) is 4.13. The second kappa shape index (κ2) is 5.80. The minimum absolute atomic E-state index is 0.838. The lowest BCUT2D eigenvalue weighted by molar-refractivity contribution is 0.543. The molecule has 1 nitrogen and oxygen atoms in total. The molecule has 1 rings (SSSR count). The van der Waals surface area contributed by atoms with Crippen molar-refractivity contribution in [3.8, 4) is 0 Å². The lowest BCUT2D eigenvalue weighted by Gasteiger charge is -2.09. The Balaban J connectivity index is 0.000000291.